The first-order chi connectivity index (χ1) is 10.6. The maximum absolute atomic E-state index is 14.0. The summed E-state index contributed by atoms with van der Waals surface area (Å²) in [6.45, 7) is 4.62. The minimum atomic E-state index is -1.30. The molecule has 0 atom stereocenters. The molecule has 0 radical (unpaired) electrons. The number of rotatable bonds is 6. The van der Waals surface area contributed by atoms with Crippen molar-refractivity contribution in [2.75, 3.05) is 13.2 Å². The molecule has 0 heterocycles. The lowest BCUT2D eigenvalue weighted by molar-refractivity contribution is 0.0692. The van der Waals surface area contributed by atoms with Crippen LogP contribution in [0.4, 0.5) is 4.39 Å². The highest BCUT2D eigenvalue weighted by Gasteiger charge is 2.17. The monoisotopic (exact) mass is 304 g/mol. The molecule has 0 aliphatic rings. The van der Waals surface area contributed by atoms with E-state index in [1.54, 1.807) is 24.3 Å². The summed E-state index contributed by atoms with van der Waals surface area (Å²) in [5, 5.41) is 8.92. The van der Waals surface area contributed by atoms with Crippen molar-refractivity contribution in [3.8, 4) is 22.6 Å². The van der Waals surface area contributed by atoms with Gasteiger partial charge >= 0.3 is 5.97 Å². The van der Waals surface area contributed by atoms with Gasteiger partial charge in [0.05, 0.1) is 24.3 Å². The minimum absolute atomic E-state index is 0.365. The Bertz CT molecular complexity index is 658. The fourth-order valence-corrected chi connectivity index (χ4v) is 2.19. The van der Waals surface area contributed by atoms with Crippen LogP contribution in [0.15, 0.2) is 36.4 Å². The lowest BCUT2D eigenvalue weighted by Gasteiger charge is -2.15. The van der Waals surface area contributed by atoms with Gasteiger partial charge in [0.1, 0.15) is 17.3 Å². The molecule has 0 saturated heterocycles. The van der Waals surface area contributed by atoms with Crippen molar-refractivity contribution in [1.29, 1.82) is 0 Å². The van der Waals surface area contributed by atoms with Crippen LogP contribution in [0.3, 0.4) is 0 Å². The highest BCUT2D eigenvalue weighted by molar-refractivity contribution is 5.89. The Morgan fingerprint density at radius 1 is 1.09 bits per heavy atom. The second-order valence-corrected chi connectivity index (χ2v) is 4.50. The molecular weight excluding hydrogens is 287 g/mol. The summed E-state index contributed by atoms with van der Waals surface area (Å²) in [4.78, 5) is 10.9. The molecule has 22 heavy (non-hydrogen) atoms. The van der Waals surface area contributed by atoms with E-state index in [0.717, 1.165) is 0 Å². The van der Waals surface area contributed by atoms with Crippen molar-refractivity contribution in [2.24, 2.45) is 0 Å². The van der Waals surface area contributed by atoms with E-state index in [2.05, 4.69) is 0 Å². The fourth-order valence-electron chi connectivity index (χ4n) is 2.19. The van der Waals surface area contributed by atoms with E-state index >= 15 is 0 Å². The van der Waals surface area contributed by atoms with Crippen LogP contribution in [-0.2, 0) is 0 Å². The van der Waals surface area contributed by atoms with Gasteiger partial charge < -0.3 is 14.6 Å². The van der Waals surface area contributed by atoms with Gasteiger partial charge in [-0.05, 0) is 43.7 Å². The molecule has 2 rings (SSSR count). The molecule has 0 aliphatic heterocycles. The van der Waals surface area contributed by atoms with Crippen molar-refractivity contribution in [1.82, 2.24) is 0 Å². The summed E-state index contributed by atoms with van der Waals surface area (Å²) in [5.41, 5.74) is 0.757. The standard InChI is InChI=1S/C17H17FO4/c1-3-21-14-6-5-7-15(22-4-2)16(14)11-8-9-12(17(19)20)13(18)10-11/h5-10H,3-4H2,1-2H3,(H,19,20). The van der Waals surface area contributed by atoms with Gasteiger partial charge in [-0.25, -0.2) is 9.18 Å². The number of hydrogen-bond donors (Lipinski definition) is 1. The zero-order valence-electron chi connectivity index (χ0n) is 12.4. The topological polar surface area (TPSA) is 55.8 Å². The van der Waals surface area contributed by atoms with Gasteiger partial charge in [0.15, 0.2) is 0 Å². The van der Waals surface area contributed by atoms with Gasteiger partial charge in [0.25, 0.3) is 0 Å². The summed E-state index contributed by atoms with van der Waals surface area (Å²) >= 11 is 0. The molecule has 116 valence electrons. The Morgan fingerprint density at radius 3 is 2.14 bits per heavy atom. The maximum atomic E-state index is 14.0. The first kappa shape index (κ1) is 15.8. The van der Waals surface area contributed by atoms with Crippen LogP contribution in [0.5, 0.6) is 11.5 Å². The van der Waals surface area contributed by atoms with Gasteiger partial charge in [-0.3, -0.25) is 0 Å². The number of ether oxygens (including phenoxy) is 2. The van der Waals surface area contributed by atoms with Crippen LogP contribution in [0.2, 0.25) is 0 Å². The molecule has 0 aromatic heterocycles. The Labute approximate surface area is 128 Å². The summed E-state index contributed by atoms with van der Waals surface area (Å²) in [6, 6.07) is 9.30. The summed E-state index contributed by atoms with van der Waals surface area (Å²) < 4.78 is 25.1. The molecule has 5 heteroatoms. The van der Waals surface area contributed by atoms with Crippen LogP contribution in [-0.4, -0.2) is 24.3 Å². The van der Waals surface area contributed by atoms with E-state index in [-0.39, 0.29) is 5.56 Å². The zero-order chi connectivity index (χ0) is 16.1. The number of carboxylic acids is 1. The lowest BCUT2D eigenvalue weighted by atomic mass is 10.0. The molecule has 0 unspecified atom stereocenters. The number of hydrogen-bond acceptors (Lipinski definition) is 3. The second kappa shape index (κ2) is 6.93. The van der Waals surface area contributed by atoms with Crippen molar-refractivity contribution in [3.05, 3.63) is 47.8 Å². The molecule has 2 aromatic rings. The Kier molecular flexibility index (Phi) is 4.99. The molecule has 0 fully saturated rings. The second-order valence-electron chi connectivity index (χ2n) is 4.50. The number of carbonyl (C=O) groups is 1. The first-order valence-electron chi connectivity index (χ1n) is 7.00. The van der Waals surface area contributed by atoms with E-state index in [1.165, 1.54) is 12.1 Å². The van der Waals surface area contributed by atoms with Gasteiger partial charge in [0, 0.05) is 0 Å². The third-order valence-electron chi connectivity index (χ3n) is 3.08. The van der Waals surface area contributed by atoms with Crippen LogP contribution in [0.25, 0.3) is 11.1 Å². The smallest absolute Gasteiger partial charge is 0.338 e. The first-order valence-corrected chi connectivity index (χ1v) is 7.00. The predicted molar refractivity (Wildman–Crippen MR) is 81.1 cm³/mol. The van der Waals surface area contributed by atoms with E-state index < -0.39 is 11.8 Å². The average Bonchev–Trinajstić information content (AvgIpc) is 2.47. The molecule has 0 spiro atoms. The molecule has 1 N–H and O–H groups in total. The molecule has 4 nitrogen and oxygen atoms in total. The normalized spacial score (nSPS) is 10.3. The van der Waals surface area contributed by atoms with Crippen molar-refractivity contribution in [2.45, 2.75) is 13.8 Å². The SMILES string of the molecule is CCOc1cccc(OCC)c1-c1ccc(C(=O)O)c(F)c1. The Hall–Kier alpha value is -2.56. The maximum Gasteiger partial charge on any atom is 0.338 e. The molecule has 2 aromatic carbocycles. The van der Waals surface area contributed by atoms with Gasteiger partial charge in [-0.1, -0.05) is 12.1 Å². The Morgan fingerprint density at radius 2 is 1.68 bits per heavy atom. The van der Waals surface area contributed by atoms with Crippen molar-refractivity contribution < 1.29 is 23.8 Å². The number of aromatic carboxylic acids is 1. The largest absolute Gasteiger partial charge is 0.493 e. The predicted octanol–water partition coefficient (Wildman–Crippen LogP) is 3.99. The zero-order valence-corrected chi connectivity index (χ0v) is 12.4. The number of carboxylic acid groups (broad SMARTS) is 1. The van der Waals surface area contributed by atoms with Crippen LogP contribution < -0.4 is 9.47 Å². The van der Waals surface area contributed by atoms with Crippen LogP contribution in [0, 0.1) is 5.82 Å². The van der Waals surface area contributed by atoms with Gasteiger partial charge in [-0.15, -0.1) is 0 Å². The summed E-state index contributed by atoms with van der Waals surface area (Å²) in [5.74, 6) is -0.960. The minimum Gasteiger partial charge on any atom is -0.493 e. The Balaban J connectivity index is 2.59. The van der Waals surface area contributed by atoms with Crippen molar-refractivity contribution >= 4 is 5.97 Å². The lowest BCUT2D eigenvalue weighted by Crippen LogP contribution is -2.02. The highest BCUT2D eigenvalue weighted by atomic mass is 19.1. The highest BCUT2D eigenvalue weighted by Crippen LogP contribution is 2.39. The molecule has 0 saturated carbocycles. The summed E-state index contributed by atoms with van der Waals surface area (Å²) in [7, 11) is 0. The van der Waals surface area contributed by atoms with Gasteiger partial charge in [-0.2, -0.15) is 0 Å². The van der Waals surface area contributed by atoms with Crippen molar-refractivity contribution in [3.63, 3.8) is 0 Å². The fraction of sp³-hybridized carbons (Fsp3) is 0.235. The molecular formula is C17H17FO4. The third-order valence-corrected chi connectivity index (χ3v) is 3.08. The molecule has 0 bridgehead atoms. The van der Waals surface area contributed by atoms with Gasteiger partial charge in [0.2, 0.25) is 0 Å². The quantitative estimate of drug-likeness (QED) is 0.876. The van der Waals surface area contributed by atoms with Crippen LogP contribution >= 0.6 is 0 Å². The van der Waals surface area contributed by atoms with E-state index in [9.17, 15) is 9.18 Å². The summed E-state index contributed by atoms with van der Waals surface area (Å²) in [6.07, 6.45) is 0. The van der Waals surface area contributed by atoms with E-state index in [4.69, 9.17) is 14.6 Å². The number of benzene rings is 2. The number of halogens is 1. The third kappa shape index (κ3) is 3.19. The van der Waals surface area contributed by atoms with E-state index in [1.807, 2.05) is 13.8 Å². The van der Waals surface area contributed by atoms with E-state index in [0.29, 0.717) is 35.8 Å². The molecule has 0 aliphatic carbocycles. The van der Waals surface area contributed by atoms with Crippen LogP contribution in [0.1, 0.15) is 24.2 Å². The molecule has 0 amide bonds. The average molecular weight is 304 g/mol.